The molecule has 0 spiro atoms. The lowest BCUT2D eigenvalue weighted by atomic mass is 10.1. The molecule has 1 aliphatic heterocycles. The Kier molecular flexibility index (Phi) is 4.52. The third kappa shape index (κ3) is 3.62. The van der Waals surface area contributed by atoms with Gasteiger partial charge < -0.3 is 4.57 Å². The highest BCUT2D eigenvalue weighted by Crippen LogP contribution is 2.30. The molecule has 4 rings (SSSR count). The Morgan fingerprint density at radius 3 is 2.37 bits per heavy atom. The molecule has 0 atom stereocenters. The van der Waals surface area contributed by atoms with Crippen LogP contribution in [0.3, 0.4) is 0 Å². The Bertz CT molecular complexity index is 928. The number of rotatable bonds is 3. The summed E-state index contributed by atoms with van der Waals surface area (Å²) in [6.45, 7) is 2.22. The van der Waals surface area contributed by atoms with E-state index in [1.807, 2.05) is 37.4 Å². The summed E-state index contributed by atoms with van der Waals surface area (Å²) in [5, 5.41) is 0. The highest BCUT2D eigenvalue weighted by atomic mass is 19.4. The number of imidazole rings is 1. The van der Waals surface area contributed by atoms with Crippen LogP contribution in [0.4, 0.5) is 13.2 Å². The van der Waals surface area contributed by atoms with Crippen molar-refractivity contribution in [1.29, 1.82) is 0 Å². The van der Waals surface area contributed by atoms with E-state index in [4.69, 9.17) is 4.98 Å². The lowest BCUT2D eigenvalue weighted by molar-refractivity contribution is -0.137. The van der Waals surface area contributed by atoms with Crippen LogP contribution in [0.5, 0.6) is 0 Å². The Labute approximate surface area is 156 Å². The number of hydrogen-bond donors (Lipinski definition) is 0. The van der Waals surface area contributed by atoms with E-state index in [1.54, 1.807) is 12.1 Å². The Balaban J connectivity index is 1.51. The van der Waals surface area contributed by atoms with Crippen LogP contribution in [-0.4, -0.2) is 21.0 Å². The molecule has 1 aromatic heterocycles. The number of hydrogen-bond acceptors (Lipinski definition) is 2. The molecule has 0 unspecified atom stereocenters. The van der Waals surface area contributed by atoms with Crippen molar-refractivity contribution in [3.63, 3.8) is 0 Å². The van der Waals surface area contributed by atoms with E-state index in [0.717, 1.165) is 54.3 Å². The predicted molar refractivity (Wildman–Crippen MR) is 97.9 cm³/mol. The van der Waals surface area contributed by atoms with Gasteiger partial charge in [0.1, 0.15) is 5.82 Å². The topological polar surface area (TPSA) is 21.1 Å². The number of fused-ring (bicyclic) bond motifs is 1. The Morgan fingerprint density at radius 1 is 1.00 bits per heavy atom. The molecule has 0 aliphatic carbocycles. The first-order valence-electron chi connectivity index (χ1n) is 8.90. The first-order valence-corrected chi connectivity index (χ1v) is 8.90. The molecule has 3 nitrogen and oxygen atoms in total. The molecule has 1 aliphatic rings. The predicted octanol–water partition coefficient (Wildman–Crippen LogP) is 4.66. The smallest absolute Gasteiger partial charge is 0.330 e. The van der Waals surface area contributed by atoms with Crippen LogP contribution in [0.2, 0.25) is 0 Å². The molecule has 0 saturated heterocycles. The molecule has 2 aromatic carbocycles. The van der Waals surface area contributed by atoms with Gasteiger partial charge in [-0.3, -0.25) is 4.90 Å². The molecule has 0 radical (unpaired) electrons. The van der Waals surface area contributed by atoms with E-state index in [0.29, 0.717) is 6.54 Å². The summed E-state index contributed by atoms with van der Waals surface area (Å²) in [6, 6.07) is 15.5. The lowest BCUT2D eigenvalue weighted by Gasteiger charge is -2.27. The monoisotopic (exact) mass is 371 g/mol. The third-order valence-electron chi connectivity index (χ3n) is 5.05. The Hall–Kier alpha value is -2.60. The maximum Gasteiger partial charge on any atom is 0.416 e. The second-order valence-electron chi connectivity index (χ2n) is 6.91. The number of benzene rings is 2. The molecule has 2 heterocycles. The van der Waals surface area contributed by atoms with Crippen LogP contribution in [0.15, 0.2) is 54.6 Å². The van der Waals surface area contributed by atoms with Gasteiger partial charge in [-0.2, -0.15) is 13.2 Å². The third-order valence-corrected chi connectivity index (χ3v) is 5.05. The van der Waals surface area contributed by atoms with Gasteiger partial charge in [-0.05, 0) is 17.7 Å². The fourth-order valence-corrected chi connectivity index (χ4v) is 3.58. The molecular weight excluding hydrogens is 351 g/mol. The van der Waals surface area contributed by atoms with E-state index in [9.17, 15) is 13.2 Å². The van der Waals surface area contributed by atoms with Crippen LogP contribution < -0.4 is 0 Å². The molecule has 27 heavy (non-hydrogen) atoms. The minimum atomic E-state index is -4.29. The summed E-state index contributed by atoms with van der Waals surface area (Å²) < 4.78 is 40.3. The number of aromatic nitrogens is 2. The summed E-state index contributed by atoms with van der Waals surface area (Å²) >= 11 is 0. The largest absolute Gasteiger partial charge is 0.416 e. The highest BCUT2D eigenvalue weighted by molar-refractivity contribution is 5.56. The van der Waals surface area contributed by atoms with Gasteiger partial charge in [0.2, 0.25) is 0 Å². The van der Waals surface area contributed by atoms with Crippen molar-refractivity contribution >= 4 is 0 Å². The normalized spacial score (nSPS) is 15.0. The van der Waals surface area contributed by atoms with Crippen LogP contribution in [0.1, 0.15) is 22.5 Å². The van der Waals surface area contributed by atoms with Gasteiger partial charge in [0, 0.05) is 38.7 Å². The SMILES string of the molecule is Cn1c(-c2ccccc2)nc2c1CN(Cc1ccc(C(F)(F)F)cc1)CC2. The van der Waals surface area contributed by atoms with Crippen molar-refractivity contribution in [1.82, 2.24) is 14.5 Å². The van der Waals surface area contributed by atoms with E-state index < -0.39 is 11.7 Å². The molecule has 3 aromatic rings. The first kappa shape index (κ1) is 17.8. The summed E-state index contributed by atoms with van der Waals surface area (Å²) in [7, 11) is 2.02. The van der Waals surface area contributed by atoms with Crippen LogP contribution in [0.25, 0.3) is 11.4 Å². The minimum Gasteiger partial charge on any atom is -0.330 e. The van der Waals surface area contributed by atoms with Gasteiger partial charge in [0.15, 0.2) is 0 Å². The number of halogens is 3. The fourth-order valence-electron chi connectivity index (χ4n) is 3.58. The van der Waals surface area contributed by atoms with Gasteiger partial charge in [-0.15, -0.1) is 0 Å². The van der Waals surface area contributed by atoms with Crippen molar-refractivity contribution in [2.24, 2.45) is 7.05 Å². The number of alkyl halides is 3. The van der Waals surface area contributed by atoms with Crippen LogP contribution >= 0.6 is 0 Å². The minimum absolute atomic E-state index is 0.605. The summed E-state index contributed by atoms with van der Waals surface area (Å²) in [4.78, 5) is 7.06. The maximum atomic E-state index is 12.7. The van der Waals surface area contributed by atoms with E-state index in [1.165, 1.54) is 5.69 Å². The second-order valence-corrected chi connectivity index (χ2v) is 6.91. The van der Waals surface area contributed by atoms with E-state index in [-0.39, 0.29) is 0 Å². The van der Waals surface area contributed by atoms with Crippen molar-refractivity contribution in [3.05, 3.63) is 77.1 Å². The highest BCUT2D eigenvalue weighted by Gasteiger charge is 2.30. The molecule has 6 heteroatoms. The summed E-state index contributed by atoms with van der Waals surface area (Å²) in [5.74, 6) is 0.956. The fraction of sp³-hybridized carbons (Fsp3) is 0.286. The molecule has 0 fully saturated rings. The summed E-state index contributed by atoms with van der Waals surface area (Å²) in [6.07, 6.45) is -3.45. The average Bonchev–Trinajstić information content (AvgIpc) is 2.99. The molecule has 140 valence electrons. The van der Waals surface area contributed by atoms with Crippen molar-refractivity contribution in [3.8, 4) is 11.4 Å². The zero-order valence-electron chi connectivity index (χ0n) is 15.0. The average molecular weight is 371 g/mol. The Morgan fingerprint density at radius 2 is 1.70 bits per heavy atom. The lowest BCUT2D eigenvalue weighted by Crippen LogP contribution is -2.31. The van der Waals surface area contributed by atoms with Gasteiger partial charge in [-0.1, -0.05) is 42.5 Å². The second kappa shape index (κ2) is 6.85. The quantitative estimate of drug-likeness (QED) is 0.667. The zero-order valence-corrected chi connectivity index (χ0v) is 15.0. The van der Waals surface area contributed by atoms with E-state index >= 15 is 0 Å². The standard InChI is InChI=1S/C21H20F3N3/c1-26-19-14-27(13-15-7-9-17(10-8-15)21(22,23)24)12-11-18(19)25-20(26)16-5-3-2-4-6-16/h2-10H,11-14H2,1H3. The zero-order chi connectivity index (χ0) is 19.0. The van der Waals surface area contributed by atoms with E-state index in [2.05, 4.69) is 9.47 Å². The van der Waals surface area contributed by atoms with Gasteiger partial charge in [0.05, 0.1) is 17.0 Å². The summed E-state index contributed by atoms with van der Waals surface area (Å²) in [5.41, 5.74) is 3.65. The van der Waals surface area contributed by atoms with Gasteiger partial charge in [0.25, 0.3) is 0 Å². The number of nitrogens with zero attached hydrogens (tertiary/aromatic N) is 3. The van der Waals surface area contributed by atoms with Crippen molar-refractivity contribution in [2.45, 2.75) is 25.7 Å². The molecule has 0 saturated carbocycles. The molecule has 0 N–H and O–H groups in total. The molecule has 0 amide bonds. The molecular formula is C21H20F3N3. The van der Waals surface area contributed by atoms with Crippen molar-refractivity contribution < 1.29 is 13.2 Å². The van der Waals surface area contributed by atoms with Gasteiger partial charge in [-0.25, -0.2) is 4.98 Å². The van der Waals surface area contributed by atoms with Crippen molar-refractivity contribution in [2.75, 3.05) is 6.54 Å². The van der Waals surface area contributed by atoms with Crippen LogP contribution in [0, 0.1) is 0 Å². The molecule has 0 bridgehead atoms. The van der Waals surface area contributed by atoms with Crippen LogP contribution in [-0.2, 0) is 32.7 Å². The maximum absolute atomic E-state index is 12.7. The van der Waals surface area contributed by atoms with Gasteiger partial charge >= 0.3 is 6.18 Å². The first-order chi connectivity index (χ1) is 12.9.